The minimum atomic E-state index is -4.22. The number of rotatable bonds is 27. The third-order valence-corrected chi connectivity index (χ3v) is 11.1. The first-order valence-corrected chi connectivity index (χ1v) is 23.1. The molecule has 0 aliphatic carbocycles. The van der Waals surface area contributed by atoms with Crippen molar-refractivity contribution in [3.63, 3.8) is 0 Å². The van der Waals surface area contributed by atoms with Crippen molar-refractivity contribution in [2.24, 2.45) is 0 Å². The number of para-hydroxylation sites is 2. The van der Waals surface area contributed by atoms with E-state index in [1.54, 1.807) is 18.2 Å². The minimum absolute atomic E-state index is 0.0829. The number of hydrogen-bond acceptors (Lipinski definition) is 8. The fourth-order valence-corrected chi connectivity index (χ4v) is 7.45. The maximum absolute atomic E-state index is 13.3. The van der Waals surface area contributed by atoms with Crippen LogP contribution in [0.15, 0.2) is 85.1 Å². The number of ether oxygens (including phenoxy) is 1. The Morgan fingerprint density at radius 3 is 2.03 bits per heavy atom. The van der Waals surface area contributed by atoms with Crippen LogP contribution < -0.4 is 20.5 Å². The van der Waals surface area contributed by atoms with Gasteiger partial charge in [-0.2, -0.15) is 0 Å². The van der Waals surface area contributed by atoms with E-state index in [0.29, 0.717) is 13.0 Å². The molecule has 330 valence electrons. The Kier molecular flexibility index (Phi) is 24.1. The van der Waals surface area contributed by atoms with Crippen LogP contribution in [0.5, 0.6) is 5.75 Å². The van der Waals surface area contributed by atoms with E-state index in [-0.39, 0.29) is 42.9 Å². The van der Waals surface area contributed by atoms with Crippen molar-refractivity contribution in [1.29, 1.82) is 0 Å². The van der Waals surface area contributed by atoms with Gasteiger partial charge in [0.05, 0.1) is 11.6 Å². The summed E-state index contributed by atoms with van der Waals surface area (Å²) in [5.41, 5.74) is 2.67. The number of hydrogen-bond donors (Lipinski definition) is 5. The summed E-state index contributed by atoms with van der Waals surface area (Å²) in [6, 6.07) is 22.6. The lowest BCUT2D eigenvalue weighted by molar-refractivity contribution is -0.128. The molecule has 4 rings (SSSR count). The van der Waals surface area contributed by atoms with E-state index < -0.39 is 25.9 Å². The zero-order chi connectivity index (χ0) is 43.4. The number of halogens is 1. The second-order valence-corrected chi connectivity index (χ2v) is 16.2. The predicted octanol–water partition coefficient (Wildman–Crippen LogP) is 9.34. The van der Waals surface area contributed by atoms with Crippen LogP contribution in [0.2, 0.25) is 5.02 Å². The molecule has 0 saturated heterocycles. The van der Waals surface area contributed by atoms with Crippen LogP contribution >= 0.6 is 19.4 Å². The monoisotopic (exact) mass is 869 g/mol. The molecule has 60 heavy (non-hydrogen) atoms. The van der Waals surface area contributed by atoms with Gasteiger partial charge in [-0.15, -0.1) is 0 Å². The molecule has 4 aromatic rings. The van der Waals surface area contributed by atoms with Crippen molar-refractivity contribution in [3.8, 4) is 5.75 Å². The van der Waals surface area contributed by atoms with Crippen LogP contribution in [0.25, 0.3) is 10.9 Å². The zero-order valence-electron chi connectivity index (χ0n) is 35.5. The fourth-order valence-electron chi connectivity index (χ4n) is 6.40. The Bertz CT molecular complexity index is 1870. The van der Waals surface area contributed by atoms with E-state index in [9.17, 15) is 23.8 Å². The summed E-state index contributed by atoms with van der Waals surface area (Å²) >= 11 is 5.97. The SMILES string of the molecule is CCN(CC)CC.O=C(CNC(=O)OCc1ccccc1)N[C@H](Cc1c[nH]c2ccccc12)C(=O)NCCCCCCCCCCCCOP(=O)(O)Oc1ccccc1Cl. The summed E-state index contributed by atoms with van der Waals surface area (Å²) in [7, 11) is -4.22. The second kappa shape index (κ2) is 29.0. The first kappa shape index (κ1) is 50.0. The first-order valence-electron chi connectivity index (χ1n) is 21.3. The molecule has 0 radical (unpaired) electrons. The van der Waals surface area contributed by atoms with Gasteiger partial charge < -0.3 is 35.1 Å². The molecule has 5 N–H and O–H groups in total. The van der Waals surface area contributed by atoms with Crippen LogP contribution in [0.1, 0.15) is 96.1 Å². The Labute approximate surface area is 360 Å². The summed E-state index contributed by atoms with van der Waals surface area (Å²) in [5, 5.41) is 9.44. The standard InChI is InChI=1S/C39H50ClN4O8P.C6H15N/c40-33-21-13-15-23-36(33)52-53(48,49)51-25-17-8-6-4-2-1-3-5-7-16-24-41-38(46)35(26-31-27-42-34-22-14-12-20-32(31)34)44-37(45)28-43-39(47)50-29-30-18-10-9-11-19-30;1-4-7(5-2)6-3/h9-15,18-23,27,35,42H,1-8,16-17,24-26,28-29H2,(H,41,46)(H,43,47)(H,44,45)(H,48,49);4-6H2,1-3H3/t35-;/m1./s1. The highest BCUT2D eigenvalue weighted by molar-refractivity contribution is 7.47. The van der Waals surface area contributed by atoms with Gasteiger partial charge in [0.25, 0.3) is 0 Å². The van der Waals surface area contributed by atoms with Gasteiger partial charge in [0.15, 0.2) is 0 Å². The van der Waals surface area contributed by atoms with Gasteiger partial charge in [0.1, 0.15) is 24.9 Å². The minimum Gasteiger partial charge on any atom is -0.445 e. The van der Waals surface area contributed by atoms with Crippen LogP contribution in [0, 0.1) is 0 Å². The Hall–Kier alpha value is -4.39. The molecular weight excluding hydrogens is 805 g/mol. The number of amides is 3. The van der Waals surface area contributed by atoms with Crippen molar-refractivity contribution in [1.82, 2.24) is 25.8 Å². The molecule has 2 atom stereocenters. The number of carbonyl (C=O) groups is 3. The van der Waals surface area contributed by atoms with E-state index in [0.717, 1.165) is 79.8 Å². The quantitative estimate of drug-likeness (QED) is 0.0289. The first-order chi connectivity index (χ1) is 29.0. The third-order valence-electron chi connectivity index (χ3n) is 9.87. The molecule has 0 saturated carbocycles. The van der Waals surface area contributed by atoms with E-state index >= 15 is 0 Å². The molecule has 0 aliphatic heterocycles. The summed E-state index contributed by atoms with van der Waals surface area (Å²) in [5.74, 6) is -0.663. The molecule has 0 spiro atoms. The number of benzene rings is 3. The summed E-state index contributed by atoms with van der Waals surface area (Å²) < 4.78 is 27.4. The Morgan fingerprint density at radius 1 is 0.783 bits per heavy atom. The lowest BCUT2D eigenvalue weighted by Gasteiger charge is -2.19. The number of phosphoric ester groups is 1. The van der Waals surface area contributed by atoms with Crippen LogP contribution in [0.3, 0.4) is 0 Å². The molecule has 0 bridgehead atoms. The second-order valence-electron chi connectivity index (χ2n) is 14.4. The van der Waals surface area contributed by atoms with E-state index in [2.05, 4.69) is 46.6 Å². The molecule has 15 heteroatoms. The van der Waals surface area contributed by atoms with Crippen molar-refractivity contribution in [2.45, 2.75) is 104 Å². The normalized spacial score (nSPS) is 12.5. The van der Waals surface area contributed by atoms with E-state index in [1.807, 2.05) is 60.8 Å². The Balaban J connectivity index is 0.00000126. The Morgan fingerprint density at radius 2 is 1.38 bits per heavy atom. The number of carbonyl (C=O) groups excluding carboxylic acids is 3. The van der Waals surface area contributed by atoms with E-state index in [4.69, 9.17) is 25.4 Å². The number of H-pyrrole nitrogens is 1. The van der Waals surface area contributed by atoms with Gasteiger partial charge in [-0.1, -0.05) is 144 Å². The maximum atomic E-state index is 13.3. The van der Waals surface area contributed by atoms with Crippen LogP contribution in [0.4, 0.5) is 4.79 Å². The fraction of sp³-hybridized carbons (Fsp3) is 0.489. The van der Waals surface area contributed by atoms with Gasteiger partial charge in [0, 0.05) is 30.1 Å². The van der Waals surface area contributed by atoms with Crippen molar-refractivity contribution in [3.05, 3.63) is 101 Å². The topological polar surface area (TPSA) is 171 Å². The largest absolute Gasteiger partial charge is 0.527 e. The average Bonchev–Trinajstić information content (AvgIpc) is 3.66. The summed E-state index contributed by atoms with van der Waals surface area (Å²) in [6.07, 6.45) is 11.3. The zero-order valence-corrected chi connectivity index (χ0v) is 37.1. The molecule has 13 nitrogen and oxygen atoms in total. The third kappa shape index (κ3) is 20.2. The number of aromatic amines is 1. The molecule has 1 heterocycles. The van der Waals surface area contributed by atoms with Crippen molar-refractivity contribution < 1.29 is 37.6 Å². The molecule has 0 fully saturated rings. The van der Waals surface area contributed by atoms with Crippen molar-refractivity contribution in [2.75, 3.05) is 39.3 Å². The highest BCUT2D eigenvalue weighted by atomic mass is 35.5. The number of unbranched alkanes of at least 4 members (excludes halogenated alkanes) is 9. The highest BCUT2D eigenvalue weighted by Crippen LogP contribution is 2.45. The molecular formula is C45H65ClN5O8P. The molecule has 3 amide bonds. The van der Waals surface area contributed by atoms with Gasteiger partial charge in [-0.25, -0.2) is 9.36 Å². The van der Waals surface area contributed by atoms with Crippen LogP contribution in [-0.2, 0) is 36.4 Å². The summed E-state index contributed by atoms with van der Waals surface area (Å²) in [6.45, 7) is 10.5. The highest BCUT2D eigenvalue weighted by Gasteiger charge is 2.24. The van der Waals surface area contributed by atoms with E-state index in [1.165, 1.54) is 25.7 Å². The van der Waals surface area contributed by atoms with Crippen LogP contribution in [-0.4, -0.2) is 78.1 Å². The molecule has 0 aliphatic rings. The average molecular weight is 870 g/mol. The van der Waals surface area contributed by atoms with Gasteiger partial charge in [-0.05, 0) is 61.8 Å². The predicted molar refractivity (Wildman–Crippen MR) is 239 cm³/mol. The van der Waals surface area contributed by atoms with Gasteiger partial charge in [-0.3, -0.25) is 19.0 Å². The maximum Gasteiger partial charge on any atom is 0.527 e. The van der Waals surface area contributed by atoms with Gasteiger partial charge >= 0.3 is 13.9 Å². The molecule has 1 aromatic heterocycles. The lowest BCUT2D eigenvalue weighted by Crippen LogP contribution is -2.50. The number of alkyl carbamates (subject to hydrolysis) is 1. The smallest absolute Gasteiger partial charge is 0.445 e. The number of fused-ring (bicyclic) bond motifs is 1. The summed E-state index contributed by atoms with van der Waals surface area (Å²) in [4.78, 5) is 53.7. The molecule has 3 aromatic carbocycles. The molecule has 1 unspecified atom stereocenters. The lowest BCUT2D eigenvalue weighted by atomic mass is 10.0. The number of phosphoric acid groups is 1. The number of nitrogens with one attached hydrogen (secondary N) is 4. The van der Waals surface area contributed by atoms with Crippen molar-refractivity contribution >= 4 is 48.2 Å². The number of aromatic nitrogens is 1. The number of nitrogens with zero attached hydrogens (tertiary/aromatic N) is 1. The van der Waals surface area contributed by atoms with Gasteiger partial charge in [0.2, 0.25) is 11.8 Å².